The van der Waals surface area contributed by atoms with E-state index in [0.717, 1.165) is 22.8 Å². The maximum Gasteiger partial charge on any atom is 0.424 e. The van der Waals surface area contributed by atoms with E-state index in [0.29, 0.717) is 0 Å². The molecule has 0 amide bonds. The van der Waals surface area contributed by atoms with Crippen molar-refractivity contribution in [3.05, 3.63) is 57.5 Å². The summed E-state index contributed by atoms with van der Waals surface area (Å²) >= 11 is 5.88. The van der Waals surface area contributed by atoms with E-state index in [9.17, 15) is 23.1 Å². The normalized spacial score (nSPS) is 12.0. The highest BCUT2D eigenvalue weighted by Crippen LogP contribution is 2.33. The van der Waals surface area contributed by atoms with Gasteiger partial charge in [-0.05, 0) is 30.3 Å². The van der Waals surface area contributed by atoms with E-state index < -0.39 is 17.5 Å². The predicted octanol–water partition coefficient (Wildman–Crippen LogP) is 3.96. The predicted molar refractivity (Wildman–Crippen MR) is 73.5 cm³/mol. The standard InChI is InChI=1S/C14H7ClF3NO3/c15-9-5-7(14(16,17)18)1-3-10(9)19-11-4-2-8(20)6-12(11)22-13(19)21/h1-6,20H. The van der Waals surface area contributed by atoms with Crippen molar-refractivity contribution in [2.75, 3.05) is 0 Å². The molecule has 0 aliphatic heterocycles. The first-order valence-electron chi connectivity index (χ1n) is 5.99. The quantitative estimate of drug-likeness (QED) is 0.735. The Morgan fingerprint density at radius 3 is 2.50 bits per heavy atom. The number of hydrogen-bond donors (Lipinski definition) is 1. The van der Waals surface area contributed by atoms with Crippen LogP contribution in [0.25, 0.3) is 16.8 Å². The number of fused-ring (bicyclic) bond motifs is 1. The van der Waals surface area contributed by atoms with Crippen molar-refractivity contribution in [1.29, 1.82) is 0 Å². The topological polar surface area (TPSA) is 55.4 Å². The minimum Gasteiger partial charge on any atom is -0.508 e. The SMILES string of the molecule is O=c1oc2cc(O)ccc2n1-c1ccc(C(F)(F)F)cc1Cl. The lowest BCUT2D eigenvalue weighted by molar-refractivity contribution is -0.137. The van der Waals surface area contributed by atoms with Gasteiger partial charge in [0.2, 0.25) is 0 Å². The molecule has 1 heterocycles. The second-order valence-electron chi connectivity index (χ2n) is 4.52. The molecule has 1 N–H and O–H groups in total. The largest absolute Gasteiger partial charge is 0.508 e. The second-order valence-corrected chi connectivity index (χ2v) is 4.93. The van der Waals surface area contributed by atoms with Crippen molar-refractivity contribution in [3.63, 3.8) is 0 Å². The Bertz CT molecular complexity index is 927. The number of benzene rings is 2. The molecule has 0 bridgehead atoms. The number of nitrogens with zero attached hydrogens (tertiary/aromatic N) is 1. The number of alkyl halides is 3. The number of rotatable bonds is 1. The highest BCUT2D eigenvalue weighted by Gasteiger charge is 2.31. The molecular formula is C14H7ClF3NO3. The van der Waals surface area contributed by atoms with Gasteiger partial charge in [-0.2, -0.15) is 13.2 Å². The number of aromatic nitrogens is 1. The Labute approximate surface area is 126 Å². The molecule has 22 heavy (non-hydrogen) atoms. The van der Waals surface area contributed by atoms with Gasteiger partial charge in [-0.15, -0.1) is 0 Å². The van der Waals surface area contributed by atoms with Crippen LogP contribution in [0.5, 0.6) is 5.75 Å². The van der Waals surface area contributed by atoms with Gasteiger partial charge in [0.25, 0.3) is 0 Å². The molecule has 0 aliphatic rings. The minimum absolute atomic E-state index is 0.0594. The first kappa shape index (κ1) is 14.5. The van der Waals surface area contributed by atoms with Gasteiger partial charge in [0.1, 0.15) is 5.75 Å². The van der Waals surface area contributed by atoms with E-state index in [1.54, 1.807) is 0 Å². The van der Waals surface area contributed by atoms with Crippen LogP contribution in [0.3, 0.4) is 0 Å². The molecular weight excluding hydrogens is 323 g/mol. The first-order chi connectivity index (χ1) is 10.3. The number of aromatic hydroxyl groups is 1. The summed E-state index contributed by atoms with van der Waals surface area (Å²) in [6.07, 6.45) is -4.53. The van der Waals surface area contributed by atoms with Crippen LogP contribution in [0.4, 0.5) is 13.2 Å². The van der Waals surface area contributed by atoms with E-state index in [-0.39, 0.29) is 27.6 Å². The lowest BCUT2D eigenvalue weighted by Gasteiger charge is -2.10. The molecule has 3 aromatic rings. The van der Waals surface area contributed by atoms with Crippen LogP contribution >= 0.6 is 11.6 Å². The summed E-state index contributed by atoms with van der Waals surface area (Å²) < 4.78 is 43.9. The van der Waals surface area contributed by atoms with E-state index in [4.69, 9.17) is 16.0 Å². The summed E-state index contributed by atoms with van der Waals surface area (Å²) in [5.74, 6) is -0.922. The average Bonchev–Trinajstić information content (AvgIpc) is 2.72. The zero-order valence-electron chi connectivity index (χ0n) is 10.7. The molecule has 114 valence electrons. The van der Waals surface area contributed by atoms with E-state index in [1.165, 1.54) is 18.2 Å². The Balaban J connectivity index is 2.24. The Morgan fingerprint density at radius 1 is 1.14 bits per heavy atom. The summed E-state index contributed by atoms with van der Waals surface area (Å²) in [5.41, 5.74) is -0.478. The van der Waals surface area contributed by atoms with Crippen LogP contribution in [-0.2, 0) is 6.18 Å². The van der Waals surface area contributed by atoms with Gasteiger partial charge in [-0.25, -0.2) is 9.36 Å². The monoisotopic (exact) mass is 329 g/mol. The van der Waals surface area contributed by atoms with Crippen molar-refractivity contribution < 1.29 is 22.7 Å². The molecule has 3 rings (SSSR count). The fourth-order valence-corrected chi connectivity index (χ4v) is 2.37. The Hall–Kier alpha value is -2.41. The lowest BCUT2D eigenvalue weighted by Crippen LogP contribution is -2.13. The van der Waals surface area contributed by atoms with Crippen LogP contribution < -0.4 is 5.76 Å². The molecule has 8 heteroatoms. The number of phenols is 1. The Kier molecular flexibility index (Phi) is 3.17. The molecule has 0 atom stereocenters. The number of oxazole rings is 1. The zero-order chi connectivity index (χ0) is 16.1. The highest BCUT2D eigenvalue weighted by molar-refractivity contribution is 6.32. The molecule has 0 spiro atoms. The third-order valence-corrected chi connectivity index (χ3v) is 3.38. The highest BCUT2D eigenvalue weighted by atomic mass is 35.5. The van der Waals surface area contributed by atoms with Crippen molar-refractivity contribution in [2.45, 2.75) is 6.18 Å². The smallest absolute Gasteiger partial charge is 0.424 e. The molecule has 1 aromatic heterocycles. The molecule has 0 saturated carbocycles. The average molecular weight is 330 g/mol. The van der Waals surface area contributed by atoms with Gasteiger partial charge in [0, 0.05) is 6.07 Å². The van der Waals surface area contributed by atoms with Crippen molar-refractivity contribution >= 4 is 22.7 Å². The van der Waals surface area contributed by atoms with Crippen molar-refractivity contribution in [2.24, 2.45) is 0 Å². The summed E-state index contributed by atoms with van der Waals surface area (Å²) in [5, 5.41) is 9.12. The first-order valence-corrected chi connectivity index (χ1v) is 6.37. The molecule has 0 saturated heterocycles. The number of phenolic OH excluding ortho intramolecular Hbond substituents is 1. The molecule has 0 fully saturated rings. The van der Waals surface area contributed by atoms with Crippen LogP contribution in [0.1, 0.15) is 5.56 Å². The van der Waals surface area contributed by atoms with Crippen LogP contribution in [0.2, 0.25) is 5.02 Å². The van der Waals surface area contributed by atoms with E-state index in [2.05, 4.69) is 0 Å². The van der Waals surface area contributed by atoms with Gasteiger partial charge >= 0.3 is 11.9 Å². The molecule has 0 unspecified atom stereocenters. The van der Waals surface area contributed by atoms with Crippen LogP contribution in [0.15, 0.2) is 45.6 Å². The third-order valence-electron chi connectivity index (χ3n) is 3.08. The molecule has 0 radical (unpaired) electrons. The van der Waals surface area contributed by atoms with Gasteiger partial charge < -0.3 is 9.52 Å². The lowest BCUT2D eigenvalue weighted by atomic mass is 10.2. The van der Waals surface area contributed by atoms with E-state index >= 15 is 0 Å². The maximum absolute atomic E-state index is 12.6. The Morgan fingerprint density at radius 2 is 1.86 bits per heavy atom. The van der Waals surface area contributed by atoms with E-state index in [1.807, 2.05) is 0 Å². The number of halogens is 4. The van der Waals surface area contributed by atoms with Crippen molar-refractivity contribution in [1.82, 2.24) is 4.57 Å². The molecule has 0 aliphatic carbocycles. The second kappa shape index (κ2) is 4.81. The van der Waals surface area contributed by atoms with Gasteiger partial charge in [-0.1, -0.05) is 11.6 Å². The molecule has 2 aromatic carbocycles. The van der Waals surface area contributed by atoms with Crippen LogP contribution in [-0.4, -0.2) is 9.67 Å². The van der Waals surface area contributed by atoms with Gasteiger partial charge in [-0.3, -0.25) is 0 Å². The summed E-state index contributed by atoms with van der Waals surface area (Å²) in [4.78, 5) is 11.9. The third kappa shape index (κ3) is 2.33. The zero-order valence-corrected chi connectivity index (χ0v) is 11.4. The van der Waals surface area contributed by atoms with Gasteiger partial charge in [0.15, 0.2) is 5.58 Å². The molecule has 4 nitrogen and oxygen atoms in total. The van der Waals surface area contributed by atoms with Crippen LogP contribution in [0, 0.1) is 0 Å². The maximum atomic E-state index is 12.6. The fraction of sp³-hybridized carbons (Fsp3) is 0.0714. The van der Waals surface area contributed by atoms with Gasteiger partial charge in [0.05, 0.1) is 21.8 Å². The summed E-state index contributed by atoms with van der Waals surface area (Å²) in [6, 6.07) is 6.62. The van der Waals surface area contributed by atoms with Crippen molar-refractivity contribution in [3.8, 4) is 11.4 Å². The summed E-state index contributed by atoms with van der Waals surface area (Å²) in [6.45, 7) is 0. The number of hydrogen-bond acceptors (Lipinski definition) is 3. The fourth-order valence-electron chi connectivity index (χ4n) is 2.10. The minimum atomic E-state index is -4.53. The summed E-state index contributed by atoms with van der Waals surface area (Å²) in [7, 11) is 0.